The molecule has 0 unspecified atom stereocenters. The number of amides is 2. The molecule has 0 spiro atoms. The molecule has 1 heterocycles. The fourth-order valence-corrected chi connectivity index (χ4v) is 2.98. The van der Waals surface area contributed by atoms with Gasteiger partial charge in [-0.3, -0.25) is 19.4 Å². The van der Waals surface area contributed by atoms with E-state index in [4.69, 9.17) is 0 Å². The van der Waals surface area contributed by atoms with E-state index in [1.165, 1.54) is 12.1 Å². The van der Waals surface area contributed by atoms with Gasteiger partial charge in [-0.05, 0) is 37.6 Å². The Labute approximate surface area is 168 Å². The minimum atomic E-state index is -4.75. The second kappa shape index (κ2) is 10.4. The molecule has 1 fully saturated rings. The number of benzene rings is 1. The van der Waals surface area contributed by atoms with Gasteiger partial charge in [0.1, 0.15) is 5.75 Å². The molecular weight excluding hydrogens is 389 g/mol. The summed E-state index contributed by atoms with van der Waals surface area (Å²) in [7, 11) is 0. The molecule has 162 valence electrons. The number of rotatable bonds is 8. The molecule has 0 aromatic heterocycles. The van der Waals surface area contributed by atoms with Crippen molar-refractivity contribution in [3.05, 3.63) is 24.3 Å². The van der Waals surface area contributed by atoms with Crippen LogP contribution in [0.4, 0.5) is 18.9 Å². The number of nitrogens with one attached hydrogen (secondary N) is 2. The molecule has 1 atom stereocenters. The third kappa shape index (κ3) is 7.90. The van der Waals surface area contributed by atoms with E-state index in [2.05, 4.69) is 15.4 Å². The van der Waals surface area contributed by atoms with Gasteiger partial charge in [-0.1, -0.05) is 6.92 Å². The highest BCUT2D eigenvalue weighted by Crippen LogP contribution is 2.24. The van der Waals surface area contributed by atoms with Crippen molar-refractivity contribution in [3.63, 3.8) is 0 Å². The summed E-state index contributed by atoms with van der Waals surface area (Å²) in [4.78, 5) is 28.3. The standard InChI is InChI=1S/C19H27F3N4O3/c1-3-8-23-17(27)13-25-9-11-26(12-10-25)14(2)18(28)24-15-4-6-16(7-5-15)29-19(20,21)22/h4-7,14H,3,8-13H2,1-2H3,(H,23,27)(H,24,28)/t14-/m0/s1. The maximum atomic E-state index is 12.5. The van der Waals surface area contributed by atoms with Gasteiger partial charge < -0.3 is 15.4 Å². The number of ether oxygens (including phenoxy) is 1. The lowest BCUT2D eigenvalue weighted by Crippen LogP contribution is -2.54. The van der Waals surface area contributed by atoms with Gasteiger partial charge in [-0.2, -0.15) is 0 Å². The van der Waals surface area contributed by atoms with E-state index in [0.717, 1.165) is 18.6 Å². The number of nitrogens with zero attached hydrogens (tertiary/aromatic N) is 2. The number of alkyl halides is 3. The molecule has 1 saturated heterocycles. The van der Waals surface area contributed by atoms with E-state index in [0.29, 0.717) is 45.0 Å². The third-order valence-electron chi connectivity index (χ3n) is 4.63. The van der Waals surface area contributed by atoms with E-state index in [1.807, 2.05) is 16.7 Å². The molecule has 1 aliphatic heterocycles. The van der Waals surface area contributed by atoms with Crippen molar-refractivity contribution in [1.82, 2.24) is 15.1 Å². The Morgan fingerprint density at radius 3 is 2.31 bits per heavy atom. The number of halogens is 3. The van der Waals surface area contributed by atoms with Crippen molar-refractivity contribution >= 4 is 17.5 Å². The first kappa shape index (κ1) is 23.0. The number of carbonyl (C=O) groups excluding carboxylic acids is 2. The van der Waals surface area contributed by atoms with E-state index in [1.54, 1.807) is 6.92 Å². The normalized spacial score (nSPS) is 16.9. The van der Waals surface area contributed by atoms with Crippen LogP contribution in [0, 0.1) is 0 Å². The first-order valence-electron chi connectivity index (χ1n) is 9.57. The third-order valence-corrected chi connectivity index (χ3v) is 4.63. The summed E-state index contributed by atoms with van der Waals surface area (Å²) in [6, 6.07) is 4.61. The molecule has 2 N–H and O–H groups in total. The fraction of sp³-hybridized carbons (Fsp3) is 0.579. The molecular formula is C19H27F3N4O3. The van der Waals surface area contributed by atoms with Crippen LogP contribution in [0.2, 0.25) is 0 Å². The molecule has 0 saturated carbocycles. The second-order valence-corrected chi connectivity index (χ2v) is 6.90. The molecule has 0 radical (unpaired) electrons. The summed E-state index contributed by atoms with van der Waals surface area (Å²) in [6.45, 7) is 7.44. The van der Waals surface area contributed by atoms with Crippen LogP contribution in [0.3, 0.4) is 0 Å². The minimum Gasteiger partial charge on any atom is -0.406 e. The molecule has 10 heteroatoms. The van der Waals surface area contributed by atoms with Crippen molar-refractivity contribution in [2.24, 2.45) is 0 Å². The quantitative estimate of drug-likeness (QED) is 0.679. The van der Waals surface area contributed by atoms with Crippen molar-refractivity contribution < 1.29 is 27.5 Å². The van der Waals surface area contributed by atoms with Gasteiger partial charge in [0, 0.05) is 38.4 Å². The highest BCUT2D eigenvalue weighted by atomic mass is 19.4. The zero-order valence-corrected chi connectivity index (χ0v) is 16.6. The lowest BCUT2D eigenvalue weighted by molar-refractivity contribution is -0.274. The smallest absolute Gasteiger partial charge is 0.406 e. The second-order valence-electron chi connectivity index (χ2n) is 6.90. The van der Waals surface area contributed by atoms with Gasteiger partial charge in [0.05, 0.1) is 12.6 Å². The van der Waals surface area contributed by atoms with Crippen LogP contribution in [0.25, 0.3) is 0 Å². The highest BCUT2D eigenvalue weighted by molar-refractivity contribution is 5.94. The Morgan fingerprint density at radius 2 is 1.76 bits per heavy atom. The minimum absolute atomic E-state index is 0.00374. The van der Waals surface area contributed by atoms with Crippen LogP contribution < -0.4 is 15.4 Å². The zero-order valence-electron chi connectivity index (χ0n) is 16.6. The largest absolute Gasteiger partial charge is 0.573 e. The summed E-state index contributed by atoms with van der Waals surface area (Å²) in [5, 5.41) is 5.55. The highest BCUT2D eigenvalue weighted by Gasteiger charge is 2.31. The SMILES string of the molecule is CCCNC(=O)CN1CCN([C@@H](C)C(=O)Nc2ccc(OC(F)(F)F)cc2)CC1. The Kier molecular flexibility index (Phi) is 8.27. The average Bonchev–Trinajstić information content (AvgIpc) is 2.66. The van der Waals surface area contributed by atoms with E-state index < -0.39 is 12.4 Å². The Bertz CT molecular complexity index is 674. The van der Waals surface area contributed by atoms with Gasteiger partial charge >= 0.3 is 6.36 Å². The fourth-order valence-electron chi connectivity index (χ4n) is 2.98. The first-order chi connectivity index (χ1) is 13.7. The number of hydrogen-bond acceptors (Lipinski definition) is 5. The first-order valence-corrected chi connectivity index (χ1v) is 9.57. The number of carbonyl (C=O) groups is 2. The van der Waals surface area contributed by atoms with Gasteiger partial charge in [-0.15, -0.1) is 13.2 Å². The molecule has 1 aliphatic rings. The number of piperazine rings is 1. The summed E-state index contributed by atoms with van der Waals surface area (Å²) < 4.78 is 40.4. The Hall–Kier alpha value is -2.33. The van der Waals surface area contributed by atoms with Crippen LogP contribution in [-0.2, 0) is 9.59 Å². The van der Waals surface area contributed by atoms with Crippen LogP contribution in [0.1, 0.15) is 20.3 Å². The summed E-state index contributed by atoms with van der Waals surface area (Å²) in [5.74, 6) is -0.588. The van der Waals surface area contributed by atoms with Crippen molar-refractivity contribution in [2.75, 3.05) is 44.6 Å². The molecule has 2 amide bonds. The van der Waals surface area contributed by atoms with Crippen LogP contribution in [0.15, 0.2) is 24.3 Å². The maximum Gasteiger partial charge on any atom is 0.573 e. The maximum absolute atomic E-state index is 12.5. The summed E-state index contributed by atoms with van der Waals surface area (Å²) in [6.07, 6.45) is -3.86. The monoisotopic (exact) mass is 416 g/mol. The molecule has 0 bridgehead atoms. The van der Waals surface area contributed by atoms with Crippen molar-refractivity contribution in [2.45, 2.75) is 32.7 Å². The average molecular weight is 416 g/mol. The molecule has 1 aromatic carbocycles. The van der Waals surface area contributed by atoms with Crippen molar-refractivity contribution in [1.29, 1.82) is 0 Å². The molecule has 1 aromatic rings. The van der Waals surface area contributed by atoms with Crippen molar-refractivity contribution in [3.8, 4) is 5.75 Å². The van der Waals surface area contributed by atoms with E-state index >= 15 is 0 Å². The van der Waals surface area contributed by atoms with Crippen LogP contribution in [-0.4, -0.2) is 73.3 Å². The molecule has 7 nitrogen and oxygen atoms in total. The van der Waals surface area contributed by atoms with Gasteiger partial charge in [0.2, 0.25) is 11.8 Å². The Morgan fingerprint density at radius 1 is 1.14 bits per heavy atom. The predicted molar refractivity (Wildman–Crippen MR) is 103 cm³/mol. The summed E-state index contributed by atoms with van der Waals surface area (Å²) in [5.41, 5.74) is 0.391. The van der Waals surface area contributed by atoms with Crippen LogP contribution >= 0.6 is 0 Å². The predicted octanol–water partition coefficient (Wildman–Crippen LogP) is 2.06. The molecule has 0 aliphatic carbocycles. The number of hydrogen-bond donors (Lipinski definition) is 2. The lowest BCUT2D eigenvalue weighted by atomic mass is 10.2. The Balaban J connectivity index is 1.78. The van der Waals surface area contributed by atoms with E-state index in [9.17, 15) is 22.8 Å². The van der Waals surface area contributed by atoms with Gasteiger partial charge in [0.15, 0.2) is 0 Å². The number of anilines is 1. The zero-order chi connectivity index (χ0) is 21.4. The summed E-state index contributed by atoms with van der Waals surface area (Å²) >= 11 is 0. The van der Waals surface area contributed by atoms with E-state index in [-0.39, 0.29) is 17.6 Å². The molecule has 29 heavy (non-hydrogen) atoms. The van der Waals surface area contributed by atoms with Gasteiger partial charge in [0.25, 0.3) is 0 Å². The van der Waals surface area contributed by atoms with Gasteiger partial charge in [-0.25, -0.2) is 0 Å². The van der Waals surface area contributed by atoms with Crippen LogP contribution in [0.5, 0.6) is 5.75 Å². The molecule has 2 rings (SSSR count). The topological polar surface area (TPSA) is 73.9 Å². The lowest BCUT2D eigenvalue weighted by Gasteiger charge is -2.37.